The molecule has 2 aromatic heterocycles. The van der Waals surface area contributed by atoms with Crippen molar-refractivity contribution >= 4 is 23.4 Å². The fourth-order valence-corrected chi connectivity index (χ4v) is 5.53. The highest BCUT2D eigenvalue weighted by molar-refractivity contribution is 6.30. The summed E-state index contributed by atoms with van der Waals surface area (Å²) in [5, 5.41) is 4.35. The summed E-state index contributed by atoms with van der Waals surface area (Å²) in [4.78, 5) is 39.0. The molecule has 1 aliphatic rings. The predicted octanol–water partition coefficient (Wildman–Crippen LogP) is 5.35. The summed E-state index contributed by atoms with van der Waals surface area (Å²) in [7, 11) is 0. The fraction of sp³-hybridized carbons (Fsp3) is 0.333. The maximum atomic E-state index is 14.7. The van der Waals surface area contributed by atoms with Crippen molar-refractivity contribution in [3.8, 4) is 0 Å². The largest absolute Gasteiger partial charge is 0.351 e. The summed E-state index contributed by atoms with van der Waals surface area (Å²) in [6.45, 7) is 3.45. The van der Waals surface area contributed by atoms with Crippen molar-refractivity contribution in [1.82, 2.24) is 24.9 Å². The van der Waals surface area contributed by atoms with Gasteiger partial charge in [-0.2, -0.15) is 0 Å². The fourth-order valence-electron chi connectivity index (χ4n) is 5.40. The van der Waals surface area contributed by atoms with Crippen LogP contribution in [-0.4, -0.2) is 56.4 Å². The monoisotopic (exact) mass is 545 g/mol. The van der Waals surface area contributed by atoms with Crippen LogP contribution in [0.25, 0.3) is 0 Å². The summed E-state index contributed by atoms with van der Waals surface area (Å²) in [5.74, 6) is 0.841. The van der Waals surface area contributed by atoms with Gasteiger partial charge < -0.3 is 19.3 Å². The van der Waals surface area contributed by atoms with E-state index in [9.17, 15) is 9.59 Å². The Bertz CT molecular complexity index is 1350. The van der Waals surface area contributed by atoms with Crippen LogP contribution in [0.4, 0.5) is 0 Å². The lowest BCUT2D eigenvalue weighted by molar-refractivity contribution is -0.147. The summed E-state index contributed by atoms with van der Waals surface area (Å²) in [6, 6.07) is 19.2. The SMILES string of the molecule is CC(c1ncc[nH]1)N(CCc1ccc(Cl)cc1)C(=O)C1(Cc2ccccc2)CCN(C(=O)c2ccno2)CC1. The average molecular weight is 546 g/mol. The molecule has 1 atom stereocenters. The van der Waals surface area contributed by atoms with Crippen LogP contribution in [0.5, 0.6) is 0 Å². The minimum Gasteiger partial charge on any atom is -0.351 e. The van der Waals surface area contributed by atoms with Gasteiger partial charge in [0.2, 0.25) is 11.7 Å². The first-order chi connectivity index (χ1) is 18.9. The molecule has 5 rings (SSSR count). The number of aromatic amines is 1. The number of imidazole rings is 1. The van der Waals surface area contributed by atoms with E-state index in [1.54, 1.807) is 23.4 Å². The lowest BCUT2D eigenvalue weighted by Gasteiger charge is -2.44. The van der Waals surface area contributed by atoms with E-state index < -0.39 is 5.41 Å². The maximum Gasteiger partial charge on any atom is 0.292 e. The first kappa shape index (κ1) is 26.7. The van der Waals surface area contributed by atoms with Crippen LogP contribution < -0.4 is 0 Å². The molecule has 0 bridgehead atoms. The van der Waals surface area contributed by atoms with Crippen LogP contribution in [0.2, 0.25) is 5.02 Å². The summed E-state index contributed by atoms with van der Waals surface area (Å²) in [5.41, 5.74) is 1.54. The second kappa shape index (κ2) is 11.9. The second-order valence-corrected chi connectivity index (χ2v) is 10.6. The molecule has 0 radical (unpaired) electrons. The molecule has 2 aromatic carbocycles. The molecule has 9 heteroatoms. The molecular formula is C30H32ClN5O3. The first-order valence-electron chi connectivity index (χ1n) is 13.2. The van der Waals surface area contributed by atoms with Gasteiger partial charge in [0, 0.05) is 43.1 Å². The van der Waals surface area contributed by atoms with Crippen LogP contribution in [0.3, 0.4) is 0 Å². The highest BCUT2D eigenvalue weighted by Gasteiger charge is 2.46. The van der Waals surface area contributed by atoms with Gasteiger partial charge in [-0.15, -0.1) is 0 Å². The average Bonchev–Trinajstić information content (AvgIpc) is 3.70. The Morgan fingerprint density at radius 1 is 1.05 bits per heavy atom. The van der Waals surface area contributed by atoms with Gasteiger partial charge in [0.15, 0.2) is 0 Å². The quantitative estimate of drug-likeness (QED) is 0.306. The van der Waals surface area contributed by atoms with Gasteiger partial charge in [0.25, 0.3) is 5.91 Å². The highest BCUT2D eigenvalue weighted by Crippen LogP contribution is 2.39. The van der Waals surface area contributed by atoms with Gasteiger partial charge in [-0.3, -0.25) is 9.59 Å². The zero-order chi connectivity index (χ0) is 27.2. The number of hydrogen-bond donors (Lipinski definition) is 1. The molecular weight excluding hydrogens is 514 g/mol. The summed E-state index contributed by atoms with van der Waals surface area (Å²) in [6.07, 6.45) is 7.33. The Labute approximate surface area is 233 Å². The van der Waals surface area contributed by atoms with Gasteiger partial charge in [-0.05, 0) is 55.9 Å². The number of nitrogens with zero attached hydrogens (tertiary/aromatic N) is 4. The van der Waals surface area contributed by atoms with Crippen LogP contribution in [0, 0.1) is 5.41 Å². The molecule has 1 N–H and O–H groups in total. The predicted molar refractivity (Wildman–Crippen MR) is 148 cm³/mol. The Kier molecular flexibility index (Phi) is 8.12. The third kappa shape index (κ3) is 6.06. The van der Waals surface area contributed by atoms with E-state index in [0.717, 1.165) is 17.0 Å². The van der Waals surface area contributed by atoms with Crippen molar-refractivity contribution in [3.63, 3.8) is 0 Å². The molecule has 39 heavy (non-hydrogen) atoms. The zero-order valence-corrected chi connectivity index (χ0v) is 22.7. The maximum absolute atomic E-state index is 14.7. The lowest BCUT2D eigenvalue weighted by atomic mass is 9.72. The summed E-state index contributed by atoms with van der Waals surface area (Å²) >= 11 is 6.09. The van der Waals surface area contributed by atoms with Crippen LogP contribution in [0.15, 0.2) is 83.8 Å². The molecule has 8 nitrogen and oxygen atoms in total. The molecule has 1 aliphatic heterocycles. The third-order valence-corrected chi connectivity index (χ3v) is 7.95. The van der Waals surface area contributed by atoms with Crippen molar-refractivity contribution in [2.75, 3.05) is 19.6 Å². The Morgan fingerprint density at radius 3 is 2.44 bits per heavy atom. The number of rotatable bonds is 9. The second-order valence-electron chi connectivity index (χ2n) is 10.1. The molecule has 1 fully saturated rings. The standard InChI is InChI=1S/C30H32ClN5O3/c1-22(27-32-16-17-33-27)36(18-12-23-7-9-25(31)10-8-23)29(38)30(21-24-5-3-2-4-6-24)13-19-35(20-14-30)28(37)26-11-15-34-39-26/h2-11,15-17,22H,12-14,18-21H2,1H3,(H,32,33). The van der Waals surface area contributed by atoms with Crippen molar-refractivity contribution in [2.24, 2.45) is 5.41 Å². The lowest BCUT2D eigenvalue weighted by Crippen LogP contribution is -2.53. The van der Waals surface area contributed by atoms with E-state index in [0.29, 0.717) is 50.3 Å². The van der Waals surface area contributed by atoms with E-state index in [4.69, 9.17) is 16.1 Å². The number of carbonyl (C=O) groups is 2. The van der Waals surface area contributed by atoms with Crippen LogP contribution in [-0.2, 0) is 17.6 Å². The minimum absolute atomic E-state index is 0.0796. The van der Waals surface area contributed by atoms with Crippen molar-refractivity contribution in [3.05, 3.63) is 107 Å². The van der Waals surface area contributed by atoms with Gasteiger partial charge in [0.05, 0.1) is 17.7 Å². The van der Waals surface area contributed by atoms with Crippen molar-refractivity contribution < 1.29 is 14.1 Å². The first-order valence-corrected chi connectivity index (χ1v) is 13.6. The van der Waals surface area contributed by atoms with E-state index in [1.165, 1.54) is 6.20 Å². The van der Waals surface area contributed by atoms with Gasteiger partial charge in [0.1, 0.15) is 5.82 Å². The number of amides is 2. The number of carbonyl (C=O) groups excluding carboxylic acids is 2. The third-order valence-electron chi connectivity index (χ3n) is 7.69. The van der Waals surface area contributed by atoms with E-state index in [1.807, 2.05) is 54.3 Å². The molecule has 1 unspecified atom stereocenters. The number of nitrogens with one attached hydrogen (secondary N) is 1. The highest BCUT2D eigenvalue weighted by atomic mass is 35.5. The zero-order valence-electron chi connectivity index (χ0n) is 21.9. The number of halogens is 1. The number of benzene rings is 2. The Balaban J connectivity index is 1.43. The number of likely N-dealkylation sites (tertiary alicyclic amines) is 1. The van der Waals surface area contributed by atoms with Crippen molar-refractivity contribution in [1.29, 1.82) is 0 Å². The molecule has 0 spiro atoms. The van der Waals surface area contributed by atoms with E-state index in [2.05, 4.69) is 27.3 Å². The Hall–Kier alpha value is -3.91. The van der Waals surface area contributed by atoms with Crippen molar-refractivity contribution in [2.45, 2.75) is 38.6 Å². The van der Waals surface area contributed by atoms with E-state index in [-0.39, 0.29) is 23.6 Å². The molecule has 3 heterocycles. The van der Waals surface area contributed by atoms with Gasteiger partial charge in [-0.25, -0.2) is 4.98 Å². The molecule has 0 saturated carbocycles. The number of aromatic nitrogens is 3. The molecule has 0 aliphatic carbocycles. The topological polar surface area (TPSA) is 95.3 Å². The van der Waals surface area contributed by atoms with E-state index >= 15 is 0 Å². The smallest absolute Gasteiger partial charge is 0.292 e. The number of H-pyrrole nitrogens is 1. The molecule has 202 valence electrons. The number of hydrogen-bond acceptors (Lipinski definition) is 5. The normalized spacial score (nSPS) is 15.6. The molecule has 2 amide bonds. The summed E-state index contributed by atoms with van der Waals surface area (Å²) < 4.78 is 5.10. The Morgan fingerprint density at radius 2 is 1.79 bits per heavy atom. The van der Waals surface area contributed by atoms with Crippen LogP contribution in [0.1, 0.15) is 53.3 Å². The molecule has 1 saturated heterocycles. The minimum atomic E-state index is -0.666. The van der Waals surface area contributed by atoms with Gasteiger partial charge >= 0.3 is 0 Å². The van der Waals surface area contributed by atoms with Gasteiger partial charge in [-0.1, -0.05) is 59.2 Å². The number of piperidine rings is 1. The van der Waals surface area contributed by atoms with Crippen LogP contribution >= 0.6 is 11.6 Å². The molecule has 4 aromatic rings.